The number of rotatable bonds is 6. The van der Waals surface area contributed by atoms with E-state index in [1.165, 1.54) is 5.56 Å². The molecule has 7 nitrogen and oxygen atoms in total. The molecule has 1 aromatic heterocycles. The van der Waals surface area contributed by atoms with Crippen LogP contribution in [0.25, 0.3) is 11.3 Å². The van der Waals surface area contributed by atoms with Crippen LogP contribution in [-0.4, -0.2) is 42.5 Å². The minimum atomic E-state index is -0.603. The van der Waals surface area contributed by atoms with Gasteiger partial charge < -0.3 is 14.0 Å². The van der Waals surface area contributed by atoms with E-state index in [0.717, 1.165) is 44.0 Å². The third-order valence-corrected chi connectivity index (χ3v) is 5.79. The van der Waals surface area contributed by atoms with Gasteiger partial charge in [-0.2, -0.15) is 0 Å². The van der Waals surface area contributed by atoms with E-state index in [-0.39, 0.29) is 0 Å². The van der Waals surface area contributed by atoms with Crippen LogP contribution in [-0.2, 0) is 16.0 Å². The van der Waals surface area contributed by atoms with E-state index >= 15 is 0 Å². The minimum Gasteiger partial charge on any atom is -0.441 e. The molecule has 168 valence electrons. The van der Waals surface area contributed by atoms with Crippen molar-refractivity contribution in [2.24, 2.45) is 0 Å². The summed E-state index contributed by atoms with van der Waals surface area (Å²) in [6, 6.07) is 15.3. The lowest BCUT2D eigenvalue weighted by Crippen LogP contribution is -2.35. The standard InChI is InChI=1S/C24H26ClN3O4/c1-16-22(26-24(29)31-17(2)20-5-3-4-6-21(20)25)23(32-27-16)19-9-7-18(8-10-19)15-28-11-13-30-14-12-28/h3-10,17H,11-15H2,1-2H3,(H,26,29). The summed E-state index contributed by atoms with van der Waals surface area (Å²) in [6.45, 7) is 7.84. The van der Waals surface area contributed by atoms with Gasteiger partial charge in [-0.05, 0) is 25.5 Å². The average Bonchev–Trinajstić information content (AvgIpc) is 3.15. The molecular formula is C24H26ClN3O4. The van der Waals surface area contributed by atoms with Crippen LogP contribution in [0.1, 0.15) is 29.8 Å². The van der Waals surface area contributed by atoms with Crippen LogP contribution >= 0.6 is 11.6 Å². The van der Waals surface area contributed by atoms with Gasteiger partial charge in [-0.15, -0.1) is 0 Å². The Kier molecular flexibility index (Phi) is 7.09. The number of hydrogen-bond donors (Lipinski definition) is 1. The zero-order valence-corrected chi connectivity index (χ0v) is 18.9. The molecule has 1 atom stereocenters. The SMILES string of the molecule is Cc1noc(-c2ccc(CN3CCOCC3)cc2)c1NC(=O)OC(C)c1ccccc1Cl. The summed E-state index contributed by atoms with van der Waals surface area (Å²) in [5, 5.41) is 7.35. The molecule has 2 aromatic carbocycles. The Morgan fingerprint density at radius 2 is 1.91 bits per heavy atom. The van der Waals surface area contributed by atoms with Gasteiger partial charge in [0, 0.05) is 35.8 Å². The van der Waals surface area contributed by atoms with Crippen molar-refractivity contribution in [1.82, 2.24) is 10.1 Å². The number of amides is 1. The fourth-order valence-corrected chi connectivity index (χ4v) is 3.94. The highest BCUT2D eigenvalue weighted by Crippen LogP contribution is 2.32. The number of hydrogen-bond acceptors (Lipinski definition) is 6. The molecule has 1 aliphatic rings. The number of nitrogens with zero attached hydrogens (tertiary/aromatic N) is 2. The lowest BCUT2D eigenvalue weighted by molar-refractivity contribution is 0.0342. The van der Waals surface area contributed by atoms with Crippen LogP contribution in [0.2, 0.25) is 5.02 Å². The van der Waals surface area contributed by atoms with Gasteiger partial charge in [-0.25, -0.2) is 4.79 Å². The quantitative estimate of drug-likeness (QED) is 0.533. The van der Waals surface area contributed by atoms with Gasteiger partial charge in [0.05, 0.1) is 13.2 Å². The first-order valence-electron chi connectivity index (χ1n) is 10.6. The van der Waals surface area contributed by atoms with Crippen LogP contribution in [0.4, 0.5) is 10.5 Å². The van der Waals surface area contributed by atoms with Gasteiger partial charge >= 0.3 is 6.09 Å². The summed E-state index contributed by atoms with van der Waals surface area (Å²) in [5.74, 6) is 0.489. The number of aromatic nitrogens is 1. The van der Waals surface area contributed by atoms with Crippen LogP contribution in [0.15, 0.2) is 53.1 Å². The number of ether oxygens (including phenoxy) is 2. The molecular weight excluding hydrogens is 430 g/mol. The fourth-order valence-electron chi connectivity index (χ4n) is 3.65. The Bertz CT molecular complexity index is 1060. The summed E-state index contributed by atoms with van der Waals surface area (Å²) in [4.78, 5) is 14.9. The highest BCUT2D eigenvalue weighted by molar-refractivity contribution is 6.31. The van der Waals surface area contributed by atoms with Crippen molar-refractivity contribution in [3.63, 3.8) is 0 Å². The summed E-state index contributed by atoms with van der Waals surface area (Å²) >= 11 is 6.20. The first-order chi connectivity index (χ1) is 15.5. The summed E-state index contributed by atoms with van der Waals surface area (Å²) in [7, 11) is 0. The molecule has 8 heteroatoms. The van der Waals surface area contributed by atoms with E-state index in [2.05, 4.69) is 27.5 Å². The number of carbonyl (C=O) groups excluding carboxylic acids is 1. The lowest BCUT2D eigenvalue weighted by Gasteiger charge is -2.26. The van der Waals surface area contributed by atoms with Gasteiger partial charge in [-0.1, -0.05) is 59.2 Å². The maximum atomic E-state index is 12.6. The molecule has 1 N–H and O–H groups in total. The number of carbonyl (C=O) groups is 1. The van der Waals surface area contributed by atoms with Gasteiger partial charge in [0.15, 0.2) is 5.76 Å². The maximum Gasteiger partial charge on any atom is 0.412 e. The molecule has 1 fully saturated rings. The van der Waals surface area contributed by atoms with Crippen molar-refractivity contribution in [3.05, 3.63) is 70.4 Å². The van der Waals surface area contributed by atoms with Gasteiger partial charge in [-0.3, -0.25) is 10.2 Å². The van der Waals surface area contributed by atoms with Crippen molar-refractivity contribution in [2.45, 2.75) is 26.5 Å². The fraction of sp³-hybridized carbons (Fsp3) is 0.333. The Labute approximate surface area is 192 Å². The highest BCUT2D eigenvalue weighted by Gasteiger charge is 2.21. The van der Waals surface area contributed by atoms with Crippen LogP contribution < -0.4 is 5.32 Å². The molecule has 1 aliphatic heterocycles. The van der Waals surface area contributed by atoms with Crippen molar-refractivity contribution < 1.29 is 18.8 Å². The summed E-state index contributed by atoms with van der Waals surface area (Å²) in [6.07, 6.45) is -1.11. The first-order valence-corrected chi connectivity index (χ1v) is 11.0. The Morgan fingerprint density at radius 3 is 2.62 bits per heavy atom. The number of aryl methyl sites for hydroxylation is 1. The zero-order valence-electron chi connectivity index (χ0n) is 18.1. The van der Waals surface area contributed by atoms with E-state index in [1.54, 1.807) is 19.9 Å². The third-order valence-electron chi connectivity index (χ3n) is 5.44. The zero-order chi connectivity index (χ0) is 22.5. The number of benzene rings is 2. The second-order valence-corrected chi connectivity index (χ2v) is 8.16. The van der Waals surface area contributed by atoms with Crippen LogP contribution in [0.3, 0.4) is 0 Å². The molecule has 0 radical (unpaired) electrons. The van der Waals surface area contributed by atoms with Crippen LogP contribution in [0, 0.1) is 6.92 Å². The summed E-state index contributed by atoms with van der Waals surface area (Å²) < 4.78 is 16.4. The van der Waals surface area contributed by atoms with Gasteiger partial charge in [0.2, 0.25) is 0 Å². The van der Waals surface area contributed by atoms with Crippen molar-refractivity contribution >= 4 is 23.4 Å². The molecule has 32 heavy (non-hydrogen) atoms. The lowest BCUT2D eigenvalue weighted by atomic mass is 10.1. The predicted molar refractivity (Wildman–Crippen MR) is 123 cm³/mol. The molecule has 0 spiro atoms. The second kappa shape index (κ2) is 10.2. The third kappa shape index (κ3) is 5.30. The number of morpholine rings is 1. The van der Waals surface area contributed by atoms with E-state index in [4.69, 9.17) is 25.6 Å². The van der Waals surface area contributed by atoms with Crippen molar-refractivity contribution in [3.8, 4) is 11.3 Å². The van der Waals surface area contributed by atoms with Crippen molar-refractivity contribution in [1.29, 1.82) is 0 Å². The minimum absolute atomic E-state index is 0.488. The van der Waals surface area contributed by atoms with E-state index in [9.17, 15) is 4.79 Å². The smallest absolute Gasteiger partial charge is 0.412 e. The Hall–Kier alpha value is -2.87. The molecule has 0 saturated carbocycles. The van der Waals surface area contributed by atoms with Crippen LogP contribution in [0.5, 0.6) is 0 Å². The number of nitrogens with one attached hydrogen (secondary N) is 1. The predicted octanol–water partition coefficient (Wildman–Crippen LogP) is 5.45. The highest BCUT2D eigenvalue weighted by atomic mass is 35.5. The summed E-state index contributed by atoms with van der Waals surface area (Å²) in [5.41, 5.74) is 3.82. The number of halogens is 1. The van der Waals surface area contributed by atoms with E-state index < -0.39 is 12.2 Å². The molecule has 1 saturated heterocycles. The molecule has 1 unspecified atom stereocenters. The van der Waals surface area contributed by atoms with E-state index in [1.807, 2.05) is 30.3 Å². The van der Waals surface area contributed by atoms with Gasteiger partial charge in [0.25, 0.3) is 0 Å². The second-order valence-electron chi connectivity index (χ2n) is 7.75. The first kappa shape index (κ1) is 22.3. The molecule has 3 aromatic rings. The maximum absolute atomic E-state index is 12.6. The monoisotopic (exact) mass is 455 g/mol. The molecule has 0 bridgehead atoms. The average molecular weight is 456 g/mol. The van der Waals surface area contributed by atoms with E-state index in [0.29, 0.717) is 22.2 Å². The molecule has 2 heterocycles. The molecule has 4 rings (SSSR count). The normalized spacial score (nSPS) is 15.3. The topological polar surface area (TPSA) is 76.8 Å². The number of anilines is 1. The van der Waals surface area contributed by atoms with Crippen molar-refractivity contribution in [2.75, 3.05) is 31.6 Å². The Balaban J connectivity index is 1.43. The van der Waals surface area contributed by atoms with Gasteiger partial charge in [0.1, 0.15) is 17.5 Å². The molecule has 1 amide bonds. The largest absolute Gasteiger partial charge is 0.441 e. The molecule has 0 aliphatic carbocycles. The Morgan fingerprint density at radius 1 is 1.19 bits per heavy atom.